The minimum atomic E-state index is -0.564. The fraction of sp³-hybridized carbons (Fsp3) is 0.381. The Kier molecular flexibility index (Phi) is 6.45. The number of methoxy groups -OCH3 is 1. The zero-order chi connectivity index (χ0) is 18.3. The number of hydrogen-bond donors (Lipinski definition) is 1. The second kappa shape index (κ2) is 8.56. The Hall–Kier alpha value is -2.49. The van der Waals surface area contributed by atoms with E-state index in [4.69, 9.17) is 9.47 Å². The van der Waals surface area contributed by atoms with Crippen LogP contribution >= 0.6 is 0 Å². The van der Waals surface area contributed by atoms with Gasteiger partial charge in [-0.05, 0) is 44.4 Å². The first kappa shape index (κ1) is 18.8. The molecule has 0 saturated carbocycles. The molecule has 4 heteroatoms. The average Bonchev–Trinajstić information content (AvgIpc) is 2.59. The molecule has 25 heavy (non-hydrogen) atoms. The van der Waals surface area contributed by atoms with E-state index >= 15 is 0 Å². The lowest BCUT2D eigenvalue weighted by Gasteiger charge is -2.29. The van der Waals surface area contributed by atoms with Crippen molar-refractivity contribution in [3.8, 4) is 11.5 Å². The summed E-state index contributed by atoms with van der Waals surface area (Å²) in [6.45, 7) is 5.98. The molecular weight excluding hydrogens is 314 g/mol. The first-order valence-corrected chi connectivity index (χ1v) is 8.61. The van der Waals surface area contributed by atoms with E-state index < -0.39 is 6.10 Å². The van der Waals surface area contributed by atoms with Crippen LogP contribution in [0.3, 0.4) is 0 Å². The lowest BCUT2D eigenvalue weighted by molar-refractivity contribution is -0.129. The normalized spacial score (nSPS) is 12.3. The maximum atomic E-state index is 12.7. The molecule has 0 aromatic heterocycles. The van der Waals surface area contributed by atoms with Crippen molar-refractivity contribution in [3.05, 3.63) is 60.2 Å². The smallest absolute Gasteiger partial charge is 0.261 e. The highest BCUT2D eigenvalue weighted by Crippen LogP contribution is 2.27. The SMILES string of the molecule is CC[C@@H](Oc1ccccc1OC)C(=O)NC(C)(C)Cc1ccccc1. The molecule has 0 heterocycles. The third-order valence-corrected chi connectivity index (χ3v) is 3.95. The molecule has 0 unspecified atom stereocenters. The number of amides is 1. The van der Waals surface area contributed by atoms with Crippen molar-refractivity contribution in [1.29, 1.82) is 0 Å². The van der Waals surface area contributed by atoms with Gasteiger partial charge in [-0.3, -0.25) is 4.79 Å². The van der Waals surface area contributed by atoms with Crippen LogP contribution in [0.2, 0.25) is 0 Å². The molecule has 0 aliphatic rings. The van der Waals surface area contributed by atoms with Gasteiger partial charge < -0.3 is 14.8 Å². The summed E-state index contributed by atoms with van der Waals surface area (Å²) >= 11 is 0. The second-order valence-electron chi connectivity index (χ2n) is 6.70. The molecule has 1 amide bonds. The number of para-hydroxylation sites is 2. The summed E-state index contributed by atoms with van der Waals surface area (Å²) < 4.78 is 11.2. The van der Waals surface area contributed by atoms with Gasteiger partial charge in [0.2, 0.25) is 0 Å². The number of benzene rings is 2. The Morgan fingerprint density at radius 3 is 2.24 bits per heavy atom. The van der Waals surface area contributed by atoms with Gasteiger partial charge in [0.05, 0.1) is 7.11 Å². The van der Waals surface area contributed by atoms with E-state index in [2.05, 4.69) is 17.4 Å². The number of carbonyl (C=O) groups is 1. The maximum Gasteiger partial charge on any atom is 0.261 e. The van der Waals surface area contributed by atoms with E-state index in [1.807, 2.05) is 63.2 Å². The Labute approximate surface area is 150 Å². The molecule has 1 atom stereocenters. The highest BCUT2D eigenvalue weighted by molar-refractivity contribution is 5.81. The molecule has 0 fully saturated rings. The van der Waals surface area contributed by atoms with Gasteiger partial charge in [0.25, 0.3) is 5.91 Å². The molecular formula is C21H27NO3. The highest BCUT2D eigenvalue weighted by Gasteiger charge is 2.27. The monoisotopic (exact) mass is 341 g/mol. The number of nitrogens with one attached hydrogen (secondary N) is 1. The predicted octanol–water partition coefficient (Wildman–Crippen LogP) is 3.99. The van der Waals surface area contributed by atoms with Gasteiger partial charge in [0, 0.05) is 5.54 Å². The highest BCUT2D eigenvalue weighted by atomic mass is 16.5. The van der Waals surface area contributed by atoms with Crippen LogP contribution in [0, 0.1) is 0 Å². The van der Waals surface area contributed by atoms with Crippen LogP contribution in [0.5, 0.6) is 11.5 Å². The zero-order valence-corrected chi connectivity index (χ0v) is 15.4. The van der Waals surface area contributed by atoms with E-state index in [-0.39, 0.29) is 11.4 Å². The fourth-order valence-corrected chi connectivity index (χ4v) is 2.76. The molecule has 2 aromatic rings. The minimum Gasteiger partial charge on any atom is -0.493 e. The van der Waals surface area contributed by atoms with Crippen LogP contribution < -0.4 is 14.8 Å². The topological polar surface area (TPSA) is 47.6 Å². The lowest BCUT2D eigenvalue weighted by Crippen LogP contribution is -2.50. The third-order valence-electron chi connectivity index (χ3n) is 3.95. The van der Waals surface area contributed by atoms with Gasteiger partial charge in [0.1, 0.15) is 0 Å². The predicted molar refractivity (Wildman–Crippen MR) is 100 cm³/mol. The van der Waals surface area contributed by atoms with E-state index in [0.717, 1.165) is 6.42 Å². The van der Waals surface area contributed by atoms with Crippen molar-refractivity contribution < 1.29 is 14.3 Å². The quantitative estimate of drug-likeness (QED) is 0.790. The largest absolute Gasteiger partial charge is 0.493 e. The number of ether oxygens (including phenoxy) is 2. The average molecular weight is 341 g/mol. The summed E-state index contributed by atoms with van der Waals surface area (Å²) in [6.07, 6.45) is 0.766. The summed E-state index contributed by atoms with van der Waals surface area (Å²) in [5.74, 6) is 1.08. The summed E-state index contributed by atoms with van der Waals surface area (Å²) in [6, 6.07) is 17.5. The number of rotatable bonds is 8. The first-order chi connectivity index (χ1) is 11.9. The maximum absolute atomic E-state index is 12.7. The summed E-state index contributed by atoms with van der Waals surface area (Å²) in [4.78, 5) is 12.7. The van der Waals surface area contributed by atoms with Gasteiger partial charge in [0.15, 0.2) is 17.6 Å². The molecule has 1 N–H and O–H groups in total. The van der Waals surface area contributed by atoms with E-state index in [1.54, 1.807) is 7.11 Å². The molecule has 0 spiro atoms. The minimum absolute atomic E-state index is 0.116. The van der Waals surface area contributed by atoms with Crippen LogP contribution in [0.15, 0.2) is 54.6 Å². The summed E-state index contributed by atoms with van der Waals surface area (Å²) in [5, 5.41) is 3.11. The van der Waals surface area contributed by atoms with E-state index in [0.29, 0.717) is 17.9 Å². The van der Waals surface area contributed by atoms with Crippen LogP contribution in [0.25, 0.3) is 0 Å². The Bertz CT molecular complexity index is 683. The van der Waals surface area contributed by atoms with E-state index in [9.17, 15) is 4.79 Å². The molecule has 2 aromatic carbocycles. The van der Waals surface area contributed by atoms with Crippen LogP contribution in [0.1, 0.15) is 32.8 Å². The third kappa shape index (κ3) is 5.52. The van der Waals surface area contributed by atoms with Gasteiger partial charge in [-0.25, -0.2) is 0 Å². The fourth-order valence-electron chi connectivity index (χ4n) is 2.76. The van der Waals surface area contributed by atoms with Crippen LogP contribution in [-0.4, -0.2) is 24.7 Å². The number of hydrogen-bond acceptors (Lipinski definition) is 3. The lowest BCUT2D eigenvalue weighted by atomic mass is 9.94. The standard InChI is InChI=1S/C21H27NO3/c1-5-17(25-19-14-10-9-13-18(19)24-4)20(23)22-21(2,3)15-16-11-7-6-8-12-16/h6-14,17H,5,15H2,1-4H3,(H,22,23)/t17-/m1/s1. The van der Waals surface area contributed by atoms with Crippen molar-refractivity contribution >= 4 is 5.91 Å². The van der Waals surface area contributed by atoms with Gasteiger partial charge in [-0.1, -0.05) is 49.4 Å². The second-order valence-corrected chi connectivity index (χ2v) is 6.70. The molecule has 0 radical (unpaired) electrons. The Balaban J connectivity index is 2.03. The Morgan fingerprint density at radius 2 is 1.64 bits per heavy atom. The Morgan fingerprint density at radius 1 is 1.04 bits per heavy atom. The van der Waals surface area contributed by atoms with Crippen LogP contribution in [0.4, 0.5) is 0 Å². The molecule has 0 bridgehead atoms. The van der Waals surface area contributed by atoms with Crippen molar-refractivity contribution in [3.63, 3.8) is 0 Å². The van der Waals surface area contributed by atoms with Gasteiger partial charge in [-0.15, -0.1) is 0 Å². The summed E-state index contributed by atoms with van der Waals surface area (Å²) in [7, 11) is 1.59. The molecule has 4 nitrogen and oxygen atoms in total. The van der Waals surface area contributed by atoms with E-state index in [1.165, 1.54) is 5.56 Å². The van der Waals surface area contributed by atoms with Crippen molar-refractivity contribution in [2.45, 2.75) is 45.3 Å². The number of carbonyl (C=O) groups excluding carboxylic acids is 1. The van der Waals surface area contributed by atoms with Crippen molar-refractivity contribution in [2.75, 3.05) is 7.11 Å². The van der Waals surface area contributed by atoms with Gasteiger partial charge in [-0.2, -0.15) is 0 Å². The first-order valence-electron chi connectivity index (χ1n) is 8.61. The molecule has 0 saturated heterocycles. The van der Waals surface area contributed by atoms with Crippen LogP contribution in [-0.2, 0) is 11.2 Å². The molecule has 134 valence electrons. The summed E-state index contributed by atoms with van der Waals surface area (Å²) in [5.41, 5.74) is 0.821. The van der Waals surface area contributed by atoms with Crippen molar-refractivity contribution in [1.82, 2.24) is 5.32 Å². The molecule has 0 aliphatic heterocycles. The van der Waals surface area contributed by atoms with Crippen molar-refractivity contribution in [2.24, 2.45) is 0 Å². The zero-order valence-electron chi connectivity index (χ0n) is 15.4. The molecule has 0 aliphatic carbocycles. The van der Waals surface area contributed by atoms with Gasteiger partial charge >= 0.3 is 0 Å². The molecule has 2 rings (SSSR count).